The number of ether oxygens (including phenoxy) is 3. The molecule has 2 aromatic carbocycles. The Morgan fingerprint density at radius 1 is 1.20 bits per heavy atom. The maximum Gasteiger partial charge on any atom is 0.338 e. The molecule has 0 bridgehead atoms. The molecule has 12 heteroatoms. The molecule has 11 nitrogen and oxygen atoms in total. The molecule has 0 unspecified atom stereocenters. The molecular weight excluding hydrogens is 538 g/mol. The first kappa shape index (κ1) is 28.4. The van der Waals surface area contributed by atoms with Crippen LogP contribution in [0.5, 0.6) is 11.5 Å². The number of methoxy groups -OCH3 is 1. The number of thiazole rings is 1. The Morgan fingerprint density at radius 3 is 2.58 bits per heavy atom. The summed E-state index contributed by atoms with van der Waals surface area (Å²) < 4.78 is 17.8. The number of hydrogen-bond donors (Lipinski definition) is 0. The van der Waals surface area contributed by atoms with Gasteiger partial charge in [-0.15, -0.1) is 0 Å². The lowest BCUT2D eigenvalue weighted by Crippen LogP contribution is -2.40. The molecule has 3 aromatic rings. The minimum absolute atomic E-state index is 0.0780. The third kappa shape index (κ3) is 5.71. The van der Waals surface area contributed by atoms with E-state index in [9.17, 15) is 24.5 Å². The van der Waals surface area contributed by atoms with E-state index in [-0.39, 0.29) is 45.4 Å². The second kappa shape index (κ2) is 11.7. The van der Waals surface area contributed by atoms with Gasteiger partial charge in [0.25, 0.3) is 11.2 Å². The molecule has 0 saturated heterocycles. The zero-order valence-electron chi connectivity index (χ0n) is 22.5. The summed E-state index contributed by atoms with van der Waals surface area (Å²) >= 11 is 1.05. The van der Waals surface area contributed by atoms with Gasteiger partial charge < -0.3 is 14.2 Å². The van der Waals surface area contributed by atoms with Gasteiger partial charge in [0.05, 0.1) is 46.0 Å². The maximum absolute atomic E-state index is 13.8. The Balaban J connectivity index is 1.95. The number of hydrogen-bond acceptors (Lipinski definition) is 10. The third-order valence-electron chi connectivity index (χ3n) is 5.97. The second-order valence-corrected chi connectivity index (χ2v) is 10.4. The van der Waals surface area contributed by atoms with Crippen LogP contribution >= 0.6 is 11.3 Å². The molecule has 1 aliphatic rings. The first-order valence-corrected chi connectivity index (χ1v) is 13.1. The highest BCUT2D eigenvalue weighted by atomic mass is 32.1. The molecule has 1 atom stereocenters. The molecule has 0 aliphatic carbocycles. The molecule has 40 heavy (non-hydrogen) atoms. The van der Waals surface area contributed by atoms with Gasteiger partial charge in [-0.1, -0.05) is 43.4 Å². The van der Waals surface area contributed by atoms with Crippen LogP contribution in [0, 0.1) is 16.0 Å². The van der Waals surface area contributed by atoms with Gasteiger partial charge in [-0.3, -0.25) is 24.3 Å². The van der Waals surface area contributed by atoms with E-state index in [0.29, 0.717) is 16.1 Å². The number of nitro benzene ring substituents is 1. The standard InChI is InChI=1S/C28H27N3O8S/c1-15(2)14-38-27(34)24-16(3)29-28-30(25(24)19-10-11-21(39-17(4)32)22(12-19)37-5)26(33)23(40-28)13-18-8-6-7-9-20(18)31(35)36/h6-13,15,25H,14H2,1-5H3/b23-13-/t25-/m1/s1. The van der Waals surface area contributed by atoms with E-state index in [1.54, 1.807) is 37.3 Å². The number of esters is 2. The summed E-state index contributed by atoms with van der Waals surface area (Å²) in [5.74, 6) is -0.695. The predicted molar refractivity (Wildman–Crippen MR) is 147 cm³/mol. The summed E-state index contributed by atoms with van der Waals surface area (Å²) in [6.07, 6.45) is 1.44. The Labute approximate surface area is 232 Å². The average Bonchev–Trinajstić information content (AvgIpc) is 3.20. The SMILES string of the molecule is COc1cc([C@@H]2C(C(=O)OCC(C)C)=C(C)N=c3s/c(=C\c4ccccc4[N+](=O)[O-])c(=O)n32)ccc1OC(C)=O. The van der Waals surface area contributed by atoms with Crippen LogP contribution in [0.25, 0.3) is 6.08 Å². The van der Waals surface area contributed by atoms with Crippen LogP contribution in [0.15, 0.2) is 63.5 Å². The summed E-state index contributed by atoms with van der Waals surface area (Å²) in [5.41, 5.74) is 0.625. The number of carbonyl (C=O) groups is 2. The van der Waals surface area contributed by atoms with Crippen LogP contribution in [-0.2, 0) is 14.3 Å². The van der Waals surface area contributed by atoms with E-state index in [0.717, 1.165) is 11.3 Å². The molecule has 0 N–H and O–H groups in total. The molecule has 208 valence electrons. The van der Waals surface area contributed by atoms with Crippen molar-refractivity contribution >= 4 is 35.0 Å². The number of carbonyl (C=O) groups excluding carboxylic acids is 2. The fraction of sp³-hybridized carbons (Fsp3) is 0.286. The topological polar surface area (TPSA) is 139 Å². The third-order valence-corrected chi connectivity index (χ3v) is 6.95. The van der Waals surface area contributed by atoms with Crippen LogP contribution in [0.2, 0.25) is 0 Å². The van der Waals surface area contributed by atoms with Crippen molar-refractivity contribution in [3.05, 3.63) is 94.7 Å². The molecule has 1 aliphatic heterocycles. The van der Waals surface area contributed by atoms with Gasteiger partial charge >= 0.3 is 11.9 Å². The first-order valence-electron chi connectivity index (χ1n) is 12.3. The number of nitrogens with zero attached hydrogens (tertiary/aromatic N) is 3. The molecule has 4 rings (SSSR count). The quantitative estimate of drug-likeness (QED) is 0.176. The number of fused-ring (bicyclic) bond motifs is 1. The highest BCUT2D eigenvalue weighted by Gasteiger charge is 2.34. The van der Waals surface area contributed by atoms with Gasteiger partial charge in [-0.05, 0) is 42.7 Å². The van der Waals surface area contributed by atoms with Crippen LogP contribution in [-0.4, -0.2) is 35.1 Å². The lowest BCUT2D eigenvalue weighted by atomic mass is 9.95. The summed E-state index contributed by atoms with van der Waals surface area (Å²) in [4.78, 5) is 54.6. The molecule has 0 radical (unpaired) electrons. The number of nitro groups is 1. The molecule has 0 saturated carbocycles. The minimum Gasteiger partial charge on any atom is -0.493 e. The number of allylic oxidation sites excluding steroid dienone is 1. The van der Waals surface area contributed by atoms with E-state index in [2.05, 4.69) is 4.99 Å². The minimum atomic E-state index is -0.955. The van der Waals surface area contributed by atoms with E-state index in [1.165, 1.54) is 36.8 Å². The zero-order valence-corrected chi connectivity index (χ0v) is 23.3. The molecule has 2 heterocycles. The fourth-order valence-corrected chi connectivity index (χ4v) is 5.27. The first-order chi connectivity index (χ1) is 19.0. The molecule has 0 amide bonds. The van der Waals surface area contributed by atoms with E-state index in [4.69, 9.17) is 14.2 Å². The van der Waals surface area contributed by atoms with Crippen LogP contribution in [0.4, 0.5) is 5.69 Å². The Hall–Kier alpha value is -4.58. The predicted octanol–water partition coefficient (Wildman–Crippen LogP) is 3.28. The second-order valence-electron chi connectivity index (χ2n) is 9.39. The van der Waals surface area contributed by atoms with E-state index >= 15 is 0 Å². The van der Waals surface area contributed by atoms with Gasteiger partial charge in [-0.2, -0.15) is 0 Å². The van der Waals surface area contributed by atoms with Crippen molar-refractivity contribution in [1.29, 1.82) is 0 Å². The zero-order chi connectivity index (χ0) is 29.1. The number of para-hydroxylation sites is 1. The van der Waals surface area contributed by atoms with Gasteiger partial charge in [0, 0.05) is 13.0 Å². The average molecular weight is 566 g/mol. The van der Waals surface area contributed by atoms with Gasteiger partial charge in [0.2, 0.25) is 0 Å². The molecule has 0 spiro atoms. The molecule has 1 aromatic heterocycles. The van der Waals surface area contributed by atoms with Crippen LogP contribution < -0.4 is 24.4 Å². The Bertz CT molecular complexity index is 1720. The van der Waals surface area contributed by atoms with Crippen molar-refractivity contribution in [3.8, 4) is 11.5 Å². The normalized spacial score (nSPS) is 14.9. The number of aromatic nitrogens is 1. The number of benzene rings is 2. The van der Waals surface area contributed by atoms with E-state index < -0.39 is 28.5 Å². The Morgan fingerprint density at radius 2 is 1.93 bits per heavy atom. The lowest BCUT2D eigenvalue weighted by molar-refractivity contribution is -0.385. The lowest BCUT2D eigenvalue weighted by Gasteiger charge is -2.25. The number of rotatable bonds is 8. The highest BCUT2D eigenvalue weighted by Crippen LogP contribution is 2.36. The van der Waals surface area contributed by atoms with Gasteiger partial charge in [0.15, 0.2) is 16.3 Å². The largest absolute Gasteiger partial charge is 0.493 e. The van der Waals surface area contributed by atoms with Crippen molar-refractivity contribution in [3.63, 3.8) is 0 Å². The summed E-state index contributed by atoms with van der Waals surface area (Å²) in [6, 6.07) is 9.86. The van der Waals surface area contributed by atoms with Crippen molar-refractivity contribution in [1.82, 2.24) is 4.57 Å². The van der Waals surface area contributed by atoms with Crippen molar-refractivity contribution in [2.24, 2.45) is 10.9 Å². The summed E-state index contributed by atoms with van der Waals surface area (Å²) in [5, 5.41) is 11.5. The van der Waals surface area contributed by atoms with Gasteiger partial charge in [-0.25, -0.2) is 9.79 Å². The smallest absolute Gasteiger partial charge is 0.338 e. The molecular formula is C28H27N3O8S. The Kier molecular flexibility index (Phi) is 8.29. The van der Waals surface area contributed by atoms with Crippen molar-refractivity contribution in [2.75, 3.05) is 13.7 Å². The van der Waals surface area contributed by atoms with E-state index in [1.807, 2.05) is 13.8 Å². The van der Waals surface area contributed by atoms with Crippen LogP contribution in [0.3, 0.4) is 0 Å². The van der Waals surface area contributed by atoms with Crippen molar-refractivity contribution < 1.29 is 28.7 Å². The fourth-order valence-electron chi connectivity index (χ4n) is 4.23. The molecule has 0 fully saturated rings. The van der Waals surface area contributed by atoms with Gasteiger partial charge in [0.1, 0.15) is 0 Å². The highest BCUT2D eigenvalue weighted by molar-refractivity contribution is 7.07. The monoisotopic (exact) mass is 565 g/mol. The van der Waals surface area contributed by atoms with Crippen LogP contribution in [0.1, 0.15) is 44.9 Å². The maximum atomic E-state index is 13.8. The van der Waals surface area contributed by atoms with Crippen molar-refractivity contribution in [2.45, 2.75) is 33.7 Å². The summed E-state index contributed by atoms with van der Waals surface area (Å²) in [7, 11) is 1.41. The summed E-state index contributed by atoms with van der Waals surface area (Å²) in [6.45, 7) is 6.89.